The Labute approximate surface area is 150 Å². The van der Waals surface area contributed by atoms with E-state index in [0.717, 1.165) is 5.56 Å². The molecule has 1 heterocycles. The minimum Gasteiger partial charge on any atom is -0.460 e. The molecule has 0 atom stereocenters. The van der Waals surface area contributed by atoms with Crippen LogP contribution in [0.15, 0.2) is 60.9 Å². The number of halogens is 1. The number of ether oxygens (including phenoxy) is 1. The lowest BCUT2D eigenvalue weighted by Gasteiger charge is -2.04. The fraction of sp³-hybridized carbons (Fsp3) is 0.150. The molecule has 0 saturated carbocycles. The zero-order chi connectivity index (χ0) is 18.5. The Balaban J connectivity index is 1.78. The van der Waals surface area contributed by atoms with E-state index in [1.807, 2.05) is 30.3 Å². The number of rotatable bonds is 5. The van der Waals surface area contributed by atoms with Crippen molar-refractivity contribution in [3.63, 3.8) is 0 Å². The molecule has 1 N–H and O–H groups in total. The topological polar surface area (TPSA) is 58.9 Å². The highest BCUT2D eigenvalue weighted by molar-refractivity contribution is 5.84. The van der Waals surface area contributed by atoms with Crippen molar-refractivity contribution in [2.24, 2.45) is 0 Å². The third-order valence-corrected chi connectivity index (χ3v) is 3.60. The molecule has 0 spiro atoms. The van der Waals surface area contributed by atoms with Crippen LogP contribution in [0.2, 0.25) is 0 Å². The maximum Gasteiger partial charge on any atom is 0.334 e. The molecule has 2 aromatic carbocycles. The van der Waals surface area contributed by atoms with E-state index in [4.69, 9.17) is 4.74 Å². The second kappa shape index (κ2) is 7.74. The van der Waals surface area contributed by atoms with E-state index in [0.29, 0.717) is 17.0 Å². The monoisotopic (exact) mass is 352 g/mol. The maximum atomic E-state index is 14.5. The summed E-state index contributed by atoms with van der Waals surface area (Å²) in [6, 6.07) is 14.3. The SMILES string of the molecule is CC(C)OC(=O)/C=C\[n+]1cnc(-c2ccc(-c3ccccc3)c(F)c2)[nH]1. The highest BCUT2D eigenvalue weighted by atomic mass is 19.1. The predicted octanol–water partition coefficient (Wildman–Crippen LogP) is 3.59. The zero-order valence-electron chi connectivity index (χ0n) is 14.5. The Morgan fingerprint density at radius 3 is 2.65 bits per heavy atom. The van der Waals surface area contributed by atoms with E-state index in [-0.39, 0.29) is 11.9 Å². The number of hydrogen-bond donors (Lipinski definition) is 1. The molecular formula is C20H19FN3O2+. The molecule has 0 amide bonds. The number of esters is 1. The van der Waals surface area contributed by atoms with Crippen LogP contribution in [-0.2, 0) is 9.53 Å². The van der Waals surface area contributed by atoms with E-state index in [1.165, 1.54) is 29.4 Å². The van der Waals surface area contributed by atoms with Crippen molar-refractivity contribution in [3.05, 3.63) is 66.8 Å². The van der Waals surface area contributed by atoms with Gasteiger partial charge in [0.15, 0.2) is 0 Å². The summed E-state index contributed by atoms with van der Waals surface area (Å²) in [6.07, 6.45) is 4.11. The van der Waals surface area contributed by atoms with Gasteiger partial charge in [0.25, 0.3) is 5.82 Å². The Bertz CT molecular complexity index is 933. The second-order valence-electron chi connectivity index (χ2n) is 5.97. The van der Waals surface area contributed by atoms with Crippen LogP contribution < -0.4 is 4.68 Å². The summed E-state index contributed by atoms with van der Waals surface area (Å²) < 4.78 is 21.0. The van der Waals surface area contributed by atoms with Gasteiger partial charge in [0, 0.05) is 11.1 Å². The average Bonchev–Trinajstić information content (AvgIpc) is 3.09. The van der Waals surface area contributed by atoms with Gasteiger partial charge in [0.1, 0.15) is 12.0 Å². The van der Waals surface area contributed by atoms with E-state index in [2.05, 4.69) is 10.1 Å². The quantitative estimate of drug-likeness (QED) is 0.434. The molecule has 0 fully saturated rings. The number of carbonyl (C=O) groups is 1. The van der Waals surface area contributed by atoms with Crippen molar-refractivity contribution in [1.82, 2.24) is 10.1 Å². The third kappa shape index (κ3) is 4.22. The number of benzene rings is 2. The molecule has 0 bridgehead atoms. The molecule has 0 aliphatic carbocycles. The van der Waals surface area contributed by atoms with E-state index >= 15 is 0 Å². The van der Waals surface area contributed by atoms with Gasteiger partial charge in [-0.2, -0.15) is 5.10 Å². The summed E-state index contributed by atoms with van der Waals surface area (Å²) in [5, 5.41) is 2.97. The standard InChI is InChI=1S/C20H18FN3O2/c1-14(2)26-19(25)10-11-24-13-22-20(23-24)16-8-9-17(18(21)12-16)15-6-4-3-5-7-15/h3-14H,1-2H3/p+1/b11-10-. The van der Waals surface area contributed by atoms with Crippen molar-refractivity contribution >= 4 is 12.2 Å². The molecule has 5 nitrogen and oxygen atoms in total. The fourth-order valence-electron chi connectivity index (χ4n) is 2.44. The van der Waals surface area contributed by atoms with Gasteiger partial charge in [-0.3, -0.25) is 0 Å². The third-order valence-electron chi connectivity index (χ3n) is 3.60. The number of nitrogens with zero attached hydrogens (tertiary/aromatic N) is 2. The molecule has 6 heteroatoms. The first-order chi connectivity index (χ1) is 12.5. The van der Waals surface area contributed by atoms with E-state index < -0.39 is 5.97 Å². The van der Waals surface area contributed by atoms with Crippen LogP contribution in [0.1, 0.15) is 13.8 Å². The molecule has 0 radical (unpaired) electrons. The largest absolute Gasteiger partial charge is 0.460 e. The van der Waals surface area contributed by atoms with Crippen LogP contribution in [-0.4, -0.2) is 22.2 Å². The summed E-state index contributed by atoms with van der Waals surface area (Å²) in [4.78, 5) is 15.7. The molecular weight excluding hydrogens is 333 g/mol. The number of aromatic nitrogens is 3. The summed E-state index contributed by atoms with van der Waals surface area (Å²) >= 11 is 0. The van der Waals surface area contributed by atoms with Gasteiger partial charge in [-0.25, -0.2) is 9.18 Å². The molecule has 0 aliphatic rings. The van der Waals surface area contributed by atoms with Crippen LogP contribution in [0.4, 0.5) is 4.39 Å². The van der Waals surface area contributed by atoms with Gasteiger partial charge >= 0.3 is 12.3 Å². The minimum atomic E-state index is -0.443. The normalized spacial score (nSPS) is 11.2. The number of aromatic amines is 1. The van der Waals surface area contributed by atoms with Gasteiger partial charge in [-0.1, -0.05) is 36.4 Å². The fourth-order valence-corrected chi connectivity index (χ4v) is 2.44. The molecule has 0 aliphatic heterocycles. The van der Waals surface area contributed by atoms with Crippen LogP contribution in [0, 0.1) is 5.82 Å². The number of H-pyrrole nitrogens is 1. The van der Waals surface area contributed by atoms with E-state index in [1.54, 1.807) is 26.0 Å². The smallest absolute Gasteiger partial charge is 0.334 e. The van der Waals surface area contributed by atoms with Crippen molar-refractivity contribution in [1.29, 1.82) is 0 Å². The van der Waals surface area contributed by atoms with Gasteiger partial charge in [0.05, 0.1) is 12.2 Å². The van der Waals surface area contributed by atoms with Crippen molar-refractivity contribution < 1.29 is 18.6 Å². The first-order valence-corrected chi connectivity index (χ1v) is 8.23. The van der Waals surface area contributed by atoms with Gasteiger partial charge in [-0.05, 0) is 36.5 Å². The Kier molecular flexibility index (Phi) is 5.22. The first kappa shape index (κ1) is 17.5. The van der Waals surface area contributed by atoms with Crippen molar-refractivity contribution in [2.75, 3.05) is 0 Å². The molecule has 3 aromatic rings. The summed E-state index contributed by atoms with van der Waals surface area (Å²) in [5.41, 5.74) is 1.96. The number of hydrogen-bond acceptors (Lipinski definition) is 3. The minimum absolute atomic E-state index is 0.180. The lowest BCUT2D eigenvalue weighted by atomic mass is 10.0. The molecule has 0 saturated heterocycles. The molecule has 1 aromatic heterocycles. The number of nitrogens with one attached hydrogen (secondary N) is 1. The molecule has 26 heavy (non-hydrogen) atoms. The first-order valence-electron chi connectivity index (χ1n) is 8.23. The van der Waals surface area contributed by atoms with Gasteiger partial charge in [-0.15, -0.1) is 4.68 Å². The Hall–Kier alpha value is -3.28. The lowest BCUT2D eigenvalue weighted by molar-refractivity contribution is -0.630. The summed E-state index contributed by atoms with van der Waals surface area (Å²) in [5.74, 6) is -0.278. The van der Waals surface area contributed by atoms with Gasteiger partial charge in [0.2, 0.25) is 0 Å². The van der Waals surface area contributed by atoms with Gasteiger partial charge < -0.3 is 4.74 Å². The summed E-state index contributed by atoms with van der Waals surface area (Å²) in [6.45, 7) is 3.56. The molecule has 0 unspecified atom stereocenters. The van der Waals surface area contributed by atoms with E-state index in [9.17, 15) is 9.18 Å². The van der Waals surface area contributed by atoms with Crippen LogP contribution in [0.3, 0.4) is 0 Å². The Morgan fingerprint density at radius 1 is 1.19 bits per heavy atom. The molecule has 132 valence electrons. The van der Waals surface area contributed by atoms with Crippen molar-refractivity contribution in [3.8, 4) is 22.5 Å². The highest BCUT2D eigenvalue weighted by Crippen LogP contribution is 2.26. The lowest BCUT2D eigenvalue weighted by Crippen LogP contribution is -2.27. The second-order valence-corrected chi connectivity index (χ2v) is 5.97. The zero-order valence-corrected chi connectivity index (χ0v) is 14.5. The van der Waals surface area contributed by atoms with Crippen LogP contribution >= 0.6 is 0 Å². The Morgan fingerprint density at radius 2 is 1.96 bits per heavy atom. The highest BCUT2D eigenvalue weighted by Gasteiger charge is 2.13. The van der Waals surface area contributed by atoms with Crippen LogP contribution in [0.5, 0.6) is 0 Å². The molecule has 3 rings (SSSR count). The predicted molar refractivity (Wildman–Crippen MR) is 96.2 cm³/mol. The van der Waals surface area contributed by atoms with Crippen molar-refractivity contribution in [2.45, 2.75) is 20.0 Å². The number of carbonyl (C=O) groups excluding carboxylic acids is 1. The maximum absolute atomic E-state index is 14.5. The average molecular weight is 352 g/mol. The van der Waals surface area contributed by atoms with Crippen LogP contribution in [0.25, 0.3) is 28.7 Å². The summed E-state index contributed by atoms with van der Waals surface area (Å²) in [7, 11) is 0.